The highest BCUT2D eigenvalue weighted by atomic mass is 16.7. The Hall–Kier alpha value is -0.905. The fraction of sp³-hybridized carbons (Fsp3) is 0.688. The normalized spacial score (nSPS) is 27.8. The Bertz CT molecular complexity index is 497. The van der Waals surface area contributed by atoms with Crippen LogP contribution in [0.15, 0.2) is 18.5 Å². The minimum Gasteiger partial charge on any atom is -0.399 e. The molecule has 2 aliphatic heterocycles. The van der Waals surface area contributed by atoms with E-state index < -0.39 is 0 Å². The van der Waals surface area contributed by atoms with Gasteiger partial charge in [0.25, 0.3) is 0 Å². The molecule has 0 aromatic carbocycles. The quantitative estimate of drug-likeness (QED) is 0.843. The van der Waals surface area contributed by atoms with Crippen LogP contribution in [-0.2, 0) is 9.31 Å². The molecule has 3 rings (SSSR count). The van der Waals surface area contributed by atoms with Crippen molar-refractivity contribution in [1.29, 1.82) is 0 Å². The number of hydrogen-bond acceptors (Lipinski definition) is 4. The summed E-state index contributed by atoms with van der Waals surface area (Å²) in [5, 5.41) is 3.48. The molecule has 5 heteroatoms. The van der Waals surface area contributed by atoms with Gasteiger partial charge in [0.05, 0.1) is 11.2 Å². The van der Waals surface area contributed by atoms with Gasteiger partial charge in [0, 0.05) is 24.4 Å². The third-order valence-electron chi connectivity index (χ3n) is 5.13. The minimum atomic E-state index is -0.319. The molecule has 3 heterocycles. The van der Waals surface area contributed by atoms with E-state index >= 15 is 0 Å². The lowest BCUT2D eigenvalue weighted by atomic mass is 9.73. The van der Waals surface area contributed by atoms with Gasteiger partial charge in [0.1, 0.15) is 0 Å². The fourth-order valence-corrected chi connectivity index (χ4v) is 3.07. The average Bonchev–Trinajstić information content (AvgIpc) is 2.68. The number of nitrogens with one attached hydrogen (secondary N) is 1. The Morgan fingerprint density at radius 3 is 2.57 bits per heavy atom. The van der Waals surface area contributed by atoms with Gasteiger partial charge in [0.15, 0.2) is 0 Å². The first-order valence-electron chi connectivity index (χ1n) is 7.91. The molecule has 21 heavy (non-hydrogen) atoms. The molecule has 0 bridgehead atoms. The Balaban J connectivity index is 1.89. The van der Waals surface area contributed by atoms with Crippen LogP contribution in [-0.4, -0.2) is 36.4 Å². The van der Waals surface area contributed by atoms with Crippen molar-refractivity contribution in [2.24, 2.45) is 0 Å². The lowest BCUT2D eigenvalue weighted by molar-refractivity contribution is 0.00578. The molecule has 1 unspecified atom stereocenters. The van der Waals surface area contributed by atoms with Crippen molar-refractivity contribution in [2.45, 2.75) is 57.7 Å². The third-order valence-corrected chi connectivity index (χ3v) is 5.13. The lowest BCUT2D eigenvalue weighted by Crippen LogP contribution is -2.41. The molecule has 0 aliphatic carbocycles. The monoisotopic (exact) mass is 288 g/mol. The van der Waals surface area contributed by atoms with Crippen molar-refractivity contribution in [1.82, 2.24) is 10.3 Å². The number of pyridine rings is 1. The number of aromatic nitrogens is 1. The van der Waals surface area contributed by atoms with Gasteiger partial charge in [0.2, 0.25) is 0 Å². The van der Waals surface area contributed by atoms with Crippen LogP contribution in [0.2, 0.25) is 0 Å². The van der Waals surface area contributed by atoms with E-state index in [0.29, 0.717) is 5.92 Å². The molecule has 1 aromatic rings. The fourth-order valence-electron chi connectivity index (χ4n) is 3.07. The van der Waals surface area contributed by atoms with Crippen LogP contribution in [0.1, 0.15) is 52.0 Å². The second-order valence-electron chi connectivity index (χ2n) is 7.14. The van der Waals surface area contributed by atoms with Crippen LogP contribution in [0.3, 0.4) is 0 Å². The molecule has 1 atom stereocenters. The highest BCUT2D eigenvalue weighted by molar-refractivity contribution is 6.62. The van der Waals surface area contributed by atoms with Gasteiger partial charge in [-0.3, -0.25) is 4.98 Å². The molecule has 0 spiro atoms. The minimum absolute atomic E-state index is 0.310. The second-order valence-corrected chi connectivity index (χ2v) is 7.14. The van der Waals surface area contributed by atoms with E-state index in [1.807, 2.05) is 12.4 Å². The van der Waals surface area contributed by atoms with Crippen LogP contribution in [0.25, 0.3) is 0 Å². The first kappa shape index (κ1) is 15.0. The van der Waals surface area contributed by atoms with Crippen LogP contribution in [0.4, 0.5) is 0 Å². The largest absolute Gasteiger partial charge is 0.496 e. The summed E-state index contributed by atoms with van der Waals surface area (Å²) in [6.45, 7) is 10.5. The van der Waals surface area contributed by atoms with Crippen LogP contribution < -0.4 is 10.8 Å². The molecule has 1 aromatic heterocycles. The first-order valence-corrected chi connectivity index (χ1v) is 7.91. The zero-order chi connectivity index (χ0) is 15.1. The Morgan fingerprint density at radius 1 is 1.24 bits per heavy atom. The van der Waals surface area contributed by atoms with Gasteiger partial charge in [-0.1, -0.05) is 0 Å². The number of rotatable bonds is 2. The Morgan fingerprint density at radius 2 is 1.95 bits per heavy atom. The molecule has 2 aliphatic rings. The van der Waals surface area contributed by atoms with E-state index in [9.17, 15) is 0 Å². The smallest absolute Gasteiger partial charge is 0.399 e. The van der Waals surface area contributed by atoms with E-state index in [0.717, 1.165) is 18.6 Å². The average molecular weight is 288 g/mol. The molecule has 114 valence electrons. The van der Waals surface area contributed by atoms with Crippen molar-refractivity contribution in [2.75, 3.05) is 13.1 Å². The van der Waals surface area contributed by atoms with Crippen molar-refractivity contribution in [3.63, 3.8) is 0 Å². The second kappa shape index (κ2) is 5.38. The Labute approximate surface area is 127 Å². The molecule has 2 fully saturated rings. The molecule has 1 N–H and O–H groups in total. The highest BCUT2D eigenvalue weighted by Crippen LogP contribution is 2.37. The predicted molar refractivity (Wildman–Crippen MR) is 84.8 cm³/mol. The number of hydrogen-bond donors (Lipinski definition) is 1. The van der Waals surface area contributed by atoms with Gasteiger partial charge >= 0.3 is 7.12 Å². The van der Waals surface area contributed by atoms with Gasteiger partial charge in [-0.2, -0.15) is 0 Å². The summed E-state index contributed by atoms with van der Waals surface area (Å²) in [7, 11) is -0.319. The summed E-state index contributed by atoms with van der Waals surface area (Å²) in [5.41, 5.74) is 1.78. The summed E-state index contributed by atoms with van der Waals surface area (Å²) in [5.74, 6) is 0.524. The van der Waals surface area contributed by atoms with Crippen molar-refractivity contribution < 1.29 is 9.31 Å². The maximum absolute atomic E-state index is 6.20. The topological polar surface area (TPSA) is 43.4 Å². The summed E-state index contributed by atoms with van der Waals surface area (Å²) >= 11 is 0. The van der Waals surface area contributed by atoms with E-state index in [1.165, 1.54) is 18.4 Å². The van der Waals surface area contributed by atoms with Gasteiger partial charge in [-0.05, 0) is 64.6 Å². The molecule has 0 amide bonds. The van der Waals surface area contributed by atoms with Crippen molar-refractivity contribution >= 4 is 12.6 Å². The van der Waals surface area contributed by atoms with Crippen molar-refractivity contribution in [3.8, 4) is 0 Å². The first-order chi connectivity index (χ1) is 9.91. The molecule has 0 saturated carbocycles. The maximum atomic E-state index is 6.20. The molecular formula is C16H25BN2O2. The van der Waals surface area contributed by atoms with E-state index in [2.05, 4.69) is 44.1 Å². The molecule has 0 radical (unpaired) electrons. The Kier molecular flexibility index (Phi) is 3.84. The standard InChI is InChI=1S/C16H25BN2O2/c1-15(2)16(3,4)21-17(20-15)14-11-19-9-7-13(14)12-6-5-8-18-10-12/h7,9,11-12,18H,5-6,8,10H2,1-4H3. The van der Waals surface area contributed by atoms with Gasteiger partial charge < -0.3 is 14.6 Å². The molecule has 2 saturated heterocycles. The predicted octanol–water partition coefficient (Wildman–Crippen LogP) is 1.85. The molecule has 4 nitrogen and oxygen atoms in total. The molecular weight excluding hydrogens is 263 g/mol. The summed E-state index contributed by atoms with van der Waals surface area (Å²) in [6, 6.07) is 2.12. The maximum Gasteiger partial charge on any atom is 0.496 e. The summed E-state index contributed by atoms with van der Waals surface area (Å²) < 4.78 is 12.4. The number of piperidine rings is 1. The van der Waals surface area contributed by atoms with E-state index in [1.54, 1.807) is 0 Å². The SMILES string of the molecule is CC1(C)OB(c2cnccc2C2CCCNC2)OC1(C)C. The highest BCUT2D eigenvalue weighted by Gasteiger charge is 2.52. The van der Waals surface area contributed by atoms with E-state index in [-0.39, 0.29) is 18.3 Å². The van der Waals surface area contributed by atoms with Gasteiger partial charge in [-0.15, -0.1) is 0 Å². The lowest BCUT2D eigenvalue weighted by Gasteiger charge is -2.32. The van der Waals surface area contributed by atoms with E-state index in [4.69, 9.17) is 9.31 Å². The summed E-state index contributed by atoms with van der Waals surface area (Å²) in [4.78, 5) is 4.30. The summed E-state index contributed by atoms with van der Waals surface area (Å²) in [6.07, 6.45) is 6.21. The third kappa shape index (κ3) is 2.74. The van der Waals surface area contributed by atoms with Crippen LogP contribution in [0.5, 0.6) is 0 Å². The number of nitrogens with zero attached hydrogens (tertiary/aromatic N) is 1. The van der Waals surface area contributed by atoms with Gasteiger partial charge in [-0.25, -0.2) is 0 Å². The zero-order valence-corrected chi connectivity index (χ0v) is 13.5. The zero-order valence-electron chi connectivity index (χ0n) is 13.5. The van der Waals surface area contributed by atoms with Crippen molar-refractivity contribution in [3.05, 3.63) is 24.0 Å². The van der Waals surface area contributed by atoms with Crippen LogP contribution in [0, 0.1) is 0 Å². The van der Waals surface area contributed by atoms with Crippen LogP contribution >= 0.6 is 0 Å².